The van der Waals surface area contributed by atoms with E-state index in [0.717, 1.165) is 12.1 Å². The van der Waals surface area contributed by atoms with E-state index >= 15 is 0 Å². The van der Waals surface area contributed by atoms with Crippen LogP contribution in [-0.4, -0.2) is 26.7 Å². The van der Waals surface area contributed by atoms with Crippen LogP contribution in [0.15, 0.2) is 66.7 Å². The second-order valence-corrected chi connectivity index (χ2v) is 7.43. The maximum absolute atomic E-state index is 14.4. The van der Waals surface area contributed by atoms with Crippen molar-refractivity contribution in [2.75, 3.05) is 25.7 Å². The topological polar surface area (TPSA) is 64.8 Å². The van der Waals surface area contributed by atoms with E-state index in [-0.39, 0.29) is 30.0 Å². The molecule has 1 unspecified atom stereocenters. The van der Waals surface area contributed by atoms with Gasteiger partial charge in [-0.05, 0) is 36.2 Å². The minimum atomic E-state index is -4.55. The number of carbonyl (C=O) groups excluding carboxylic acids is 1. The average Bonchev–Trinajstić information content (AvgIpc) is 2.83. The fraction of sp³-hybridized carbons (Fsp3) is 0.240. The summed E-state index contributed by atoms with van der Waals surface area (Å²) in [6.07, 6.45) is -4.68. The lowest BCUT2D eigenvalue weighted by atomic mass is 10.0. The molecule has 1 amide bonds. The smallest absolute Gasteiger partial charge is 0.416 e. The maximum Gasteiger partial charge on any atom is 0.416 e. The Morgan fingerprint density at radius 2 is 1.62 bits per heavy atom. The van der Waals surface area contributed by atoms with Gasteiger partial charge in [-0.2, -0.15) is 13.2 Å². The number of amides is 1. The predicted molar refractivity (Wildman–Crippen MR) is 120 cm³/mol. The molecule has 3 aromatic carbocycles. The van der Waals surface area contributed by atoms with E-state index in [1.165, 1.54) is 49.5 Å². The SMILES string of the molecule is COc1ccc(N(CCc2ccccc2C(F)(F)F)C(=O)C(N)c2ccccc2OC)cc1F. The summed E-state index contributed by atoms with van der Waals surface area (Å²) in [5, 5.41) is 0. The Balaban J connectivity index is 1.98. The summed E-state index contributed by atoms with van der Waals surface area (Å²) in [7, 11) is 2.73. The number of alkyl halides is 3. The molecule has 5 nitrogen and oxygen atoms in total. The zero-order valence-electron chi connectivity index (χ0n) is 18.6. The van der Waals surface area contributed by atoms with Crippen molar-refractivity contribution in [2.45, 2.75) is 18.6 Å². The van der Waals surface area contributed by atoms with Gasteiger partial charge in [-0.25, -0.2) is 4.39 Å². The van der Waals surface area contributed by atoms with Crippen LogP contribution in [-0.2, 0) is 17.4 Å². The summed E-state index contributed by atoms with van der Waals surface area (Å²) in [5.41, 5.74) is 5.99. The van der Waals surface area contributed by atoms with Crippen molar-refractivity contribution in [3.63, 3.8) is 0 Å². The number of nitrogens with two attached hydrogens (primary N) is 1. The zero-order chi connectivity index (χ0) is 24.9. The largest absolute Gasteiger partial charge is 0.496 e. The number of halogens is 4. The molecule has 34 heavy (non-hydrogen) atoms. The van der Waals surface area contributed by atoms with Gasteiger partial charge in [0.15, 0.2) is 11.6 Å². The van der Waals surface area contributed by atoms with Crippen LogP contribution in [0.25, 0.3) is 0 Å². The van der Waals surface area contributed by atoms with Crippen LogP contribution in [0.3, 0.4) is 0 Å². The molecule has 0 aliphatic rings. The third kappa shape index (κ3) is 5.48. The highest BCUT2D eigenvalue weighted by molar-refractivity contribution is 5.98. The predicted octanol–water partition coefficient (Wildman–Crippen LogP) is 5.14. The van der Waals surface area contributed by atoms with E-state index in [2.05, 4.69) is 0 Å². The number of ether oxygens (including phenoxy) is 2. The Morgan fingerprint density at radius 1 is 0.971 bits per heavy atom. The maximum atomic E-state index is 14.4. The van der Waals surface area contributed by atoms with Crippen molar-refractivity contribution < 1.29 is 31.8 Å². The summed E-state index contributed by atoms with van der Waals surface area (Å²) >= 11 is 0. The molecule has 2 N–H and O–H groups in total. The van der Waals surface area contributed by atoms with Crippen molar-refractivity contribution in [1.82, 2.24) is 0 Å². The van der Waals surface area contributed by atoms with Gasteiger partial charge in [-0.3, -0.25) is 4.79 Å². The highest BCUT2D eigenvalue weighted by atomic mass is 19.4. The number of rotatable bonds is 8. The third-order valence-corrected chi connectivity index (χ3v) is 5.38. The first kappa shape index (κ1) is 25.0. The van der Waals surface area contributed by atoms with E-state index in [4.69, 9.17) is 15.2 Å². The second-order valence-electron chi connectivity index (χ2n) is 7.43. The number of para-hydroxylation sites is 1. The molecule has 0 saturated carbocycles. The lowest BCUT2D eigenvalue weighted by molar-refractivity contribution is -0.138. The standard InChI is InChI=1S/C25H24F4N2O3/c1-33-21-10-6-4-8-18(21)23(30)24(32)31(17-11-12-22(34-2)20(26)15-17)14-13-16-7-3-5-9-19(16)25(27,28)29/h3-12,15,23H,13-14,30H2,1-2H3. The summed E-state index contributed by atoms with van der Waals surface area (Å²) in [5.74, 6) is -1.00. The highest BCUT2D eigenvalue weighted by Crippen LogP contribution is 2.33. The molecular weight excluding hydrogens is 452 g/mol. The first-order valence-corrected chi connectivity index (χ1v) is 10.4. The number of nitrogens with zero attached hydrogens (tertiary/aromatic N) is 1. The summed E-state index contributed by atoms with van der Waals surface area (Å²) in [6, 6.07) is 14.4. The number of hydrogen-bond donors (Lipinski definition) is 1. The quantitative estimate of drug-likeness (QED) is 0.458. The summed E-state index contributed by atoms with van der Waals surface area (Å²) in [6.45, 7) is -0.166. The van der Waals surface area contributed by atoms with Crippen molar-refractivity contribution in [3.8, 4) is 11.5 Å². The van der Waals surface area contributed by atoms with Crippen LogP contribution >= 0.6 is 0 Å². The van der Waals surface area contributed by atoms with E-state index in [1.54, 1.807) is 24.3 Å². The number of anilines is 1. The molecule has 0 saturated heterocycles. The van der Waals surface area contributed by atoms with E-state index in [9.17, 15) is 22.4 Å². The Labute approximate surface area is 194 Å². The number of benzene rings is 3. The average molecular weight is 476 g/mol. The molecule has 0 aliphatic carbocycles. The molecule has 0 spiro atoms. The monoisotopic (exact) mass is 476 g/mol. The van der Waals surface area contributed by atoms with E-state index in [0.29, 0.717) is 11.3 Å². The Kier molecular flexibility index (Phi) is 7.78. The Bertz CT molecular complexity index is 1150. The minimum Gasteiger partial charge on any atom is -0.496 e. The van der Waals surface area contributed by atoms with E-state index < -0.39 is 29.5 Å². The zero-order valence-corrected chi connectivity index (χ0v) is 18.6. The number of carbonyl (C=O) groups is 1. The van der Waals surface area contributed by atoms with Crippen LogP contribution in [0, 0.1) is 5.82 Å². The van der Waals surface area contributed by atoms with Crippen LogP contribution in [0.1, 0.15) is 22.7 Å². The molecule has 0 bridgehead atoms. The molecule has 0 aromatic heterocycles. The van der Waals surface area contributed by atoms with Crippen molar-refractivity contribution in [1.29, 1.82) is 0 Å². The van der Waals surface area contributed by atoms with Gasteiger partial charge in [-0.1, -0.05) is 36.4 Å². The van der Waals surface area contributed by atoms with Crippen LogP contribution in [0.2, 0.25) is 0 Å². The minimum absolute atomic E-state index is 0.00708. The van der Waals surface area contributed by atoms with Crippen LogP contribution in [0.4, 0.5) is 23.2 Å². The van der Waals surface area contributed by atoms with Crippen LogP contribution < -0.4 is 20.1 Å². The molecule has 0 fully saturated rings. The normalized spacial score (nSPS) is 12.2. The summed E-state index contributed by atoms with van der Waals surface area (Å²) in [4.78, 5) is 14.6. The summed E-state index contributed by atoms with van der Waals surface area (Å²) < 4.78 is 65.0. The van der Waals surface area contributed by atoms with Crippen molar-refractivity contribution >= 4 is 11.6 Å². The molecule has 3 rings (SSSR count). The number of hydrogen-bond acceptors (Lipinski definition) is 4. The van der Waals surface area contributed by atoms with Gasteiger partial charge in [0.05, 0.1) is 19.8 Å². The molecule has 0 heterocycles. The molecule has 180 valence electrons. The fourth-order valence-corrected chi connectivity index (χ4v) is 3.66. The third-order valence-electron chi connectivity index (χ3n) is 5.38. The van der Waals surface area contributed by atoms with Gasteiger partial charge < -0.3 is 20.1 Å². The van der Waals surface area contributed by atoms with Gasteiger partial charge in [0, 0.05) is 23.9 Å². The van der Waals surface area contributed by atoms with Gasteiger partial charge in [0.2, 0.25) is 5.91 Å². The second kappa shape index (κ2) is 10.6. The molecular formula is C25H24F4N2O3. The van der Waals surface area contributed by atoms with Gasteiger partial charge >= 0.3 is 6.18 Å². The lowest BCUT2D eigenvalue weighted by Gasteiger charge is -2.27. The Morgan fingerprint density at radius 3 is 2.26 bits per heavy atom. The first-order valence-electron chi connectivity index (χ1n) is 10.4. The molecule has 0 aliphatic heterocycles. The molecule has 0 radical (unpaired) electrons. The molecule has 3 aromatic rings. The molecule has 1 atom stereocenters. The van der Waals surface area contributed by atoms with Crippen molar-refractivity contribution in [3.05, 3.63) is 89.2 Å². The van der Waals surface area contributed by atoms with Gasteiger partial charge in [0.1, 0.15) is 11.8 Å². The van der Waals surface area contributed by atoms with Gasteiger partial charge in [0.25, 0.3) is 0 Å². The van der Waals surface area contributed by atoms with Crippen LogP contribution in [0.5, 0.6) is 11.5 Å². The first-order chi connectivity index (χ1) is 16.2. The van der Waals surface area contributed by atoms with Gasteiger partial charge in [-0.15, -0.1) is 0 Å². The van der Waals surface area contributed by atoms with E-state index in [1.807, 2.05) is 0 Å². The highest BCUT2D eigenvalue weighted by Gasteiger charge is 2.33. The Hall–Kier alpha value is -3.59. The lowest BCUT2D eigenvalue weighted by Crippen LogP contribution is -2.40. The number of methoxy groups -OCH3 is 2. The fourth-order valence-electron chi connectivity index (χ4n) is 3.66. The molecule has 9 heteroatoms. The van der Waals surface area contributed by atoms with Crippen molar-refractivity contribution in [2.24, 2.45) is 5.73 Å².